The molecule has 0 bridgehead atoms. The normalized spacial score (nSPS) is 16.3. The van der Waals surface area contributed by atoms with Crippen molar-refractivity contribution in [2.45, 2.75) is 33.5 Å². The van der Waals surface area contributed by atoms with Crippen molar-refractivity contribution < 1.29 is 23.9 Å². The largest absolute Gasteiger partial charge is 0.419 e. The Hall–Kier alpha value is -2.83. The van der Waals surface area contributed by atoms with E-state index >= 15 is 0 Å². The molecule has 1 aliphatic heterocycles. The Balaban J connectivity index is 2.19. The number of ether oxygens (including phenoxy) is 2. The van der Waals surface area contributed by atoms with Crippen LogP contribution in [-0.4, -0.2) is 23.6 Å². The number of para-hydroxylation sites is 2. The summed E-state index contributed by atoms with van der Waals surface area (Å²) in [5.41, 5.74) is 0.815. The lowest BCUT2D eigenvalue weighted by molar-refractivity contribution is -0.222. The number of esters is 2. The summed E-state index contributed by atoms with van der Waals surface area (Å²) in [6.07, 6.45) is 1.21. The molecule has 0 atom stereocenters. The molecule has 0 spiro atoms. The van der Waals surface area contributed by atoms with Crippen molar-refractivity contribution in [3.05, 3.63) is 36.0 Å². The Bertz CT molecular complexity index is 685. The Labute approximate surface area is 140 Å². The summed E-state index contributed by atoms with van der Waals surface area (Å²) in [6.45, 7) is 6.51. The van der Waals surface area contributed by atoms with Gasteiger partial charge in [0.2, 0.25) is 5.91 Å². The van der Waals surface area contributed by atoms with Gasteiger partial charge >= 0.3 is 11.9 Å². The number of anilines is 2. The van der Waals surface area contributed by atoms with Crippen LogP contribution in [0.25, 0.3) is 0 Å². The highest BCUT2D eigenvalue weighted by Crippen LogP contribution is 2.25. The highest BCUT2D eigenvalue weighted by atomic mass is 16.7. The molecule has 0 saturated carbocycles. The van der Waals surface area contributed by atoms with Crippen molar-refractivity contribution in [3.63, 3.8) is 0 Å². The number of rotatable bonds is 4. The van der Waals surface area contributed by atoms with Gasteiger partial charge in [0.25, 0.3) is 5.79 Å². The second-order valence-electron chi connectivity index (χ2n) is 6.07. The van der Waals surface area contributed by atoms with Gasteiger partial charge in [-0.25, -0.2) is 9.59 Å². The second-order valence-corrected chi connectivity index (χ2v) is 6.07. The molecule has 0 radical (unpaired) electrons. The van der Waals surface area contributed by atoms with Crippen molar-refractivity contribution in [1.82, 2.24) is 0 Å². The summed E-state index contributed by atoms with van der Waals surface area (Å²) in [5.74, 6) is -3.15. The highest BCUT2D eigenvalue weighted by Gasteiger charge is 2.38. The summed E-state index contributed by atoms with van der Waals surface area (Å²) in [4.78, 5) is 35.6. The van der Waals surface area contributed by atoms with Crippen molar-refractivity contribution in [2.75, 3.05) is 10.6 Å². The predicted octanol–water partition coefficient (Wildman–Crippen LogP) is 2.41. The molecule has 1 amide bonds. The first-order chi connectivity index (χ1) is 11.2. The zero-order valence-corrected chi connectivity index (χ0v) is 14.0. The maximum absolute atomic E-state index is 11.9. The smallest absolute Gasteiger partial charge is 0.350 e. The first-order valence-electron chi connectivity index (χ1n) is 7.53. The van der Waals surface area contributed by atoms with E-state index in [4.69, 9.17) is 9.47 Å². The summed E-state index contributed by atoms with van der Waals surface area (Å²) in [6, 6.07) is 6.94. The van der Waals surface area contributed by atoms with E-state index in [0.717, 1.165) is 0 Å². The molecule has 2 rings (SSSR count). The molecule has 7 heteroatoms. The monoisotopic (exact) mass is 332 g/mol. The summed E-state index contributed by atoms with van der Waals surface area (Å²) < 4.78 is 10.0. The van der Waals surface area contributed by atoms with Gasteiger partial charge in [-0.05, 0) is 12.1 Å². The highest BCUT2D eigenvalue weighted by molar-refractivity contribution is 6.15. The average molecular weight is 332 g/mol. The fourth-order valence-electron chi connectivity index (χ4n) is 1.92. The van der Waals surface area contributed by atoms with Gasteiger partial charge in [0, 0.05) is 26.0 Å². The van der Waals surface area contributed by atoms with Crippen LogP contribution in [0.3, 0.4) is 0 Å². The summed E-state index contributed by atoms with van der Waals surface area (Å²) in [5, 5.41) is 5.61. The third-order valence-electron chi connectivity index (χ3n) is 3.20. The van der Waals surface area contributed by atoms with Crippen LogP contribution >= 0.6 is 0 Å². The van der Waals surface area contributed by atoms with Crippen LogP contribution in [-0.2, 0) is 23.9 Å². The zero-order chi connectivity index (χ0) is 17.9. The number of carbonyl (C=O) groups excluding carboxylic acids is 3. The molecule has 24 heavy (non-hydrogen) atoms. The standard InChI is InChI=1S/C17H20N2O5/c1-10(2)14(20)19-13-8-6-5-7-12(13)18-9-11-15(21)23-17(3,4)24-16(11)22/h5-10,18H,1-4H3,(H,19,20). The van der Waals surface area contributed by atoms with Gasteiger partial charge in [-0.3, -0.25) is 4.79 Å². The van der Waals surface area contributed by atoms with E-state index in [1.54, 1.807) is 38.1 Å². The quantitative estimate of drug-likeness (QED) is 0.499. The predicted molar refractivity (Wildman–Crippen MR) is 87.9 cm³/mol. The summed E-state index contributed by atoms with van der Waals surface area (Å²) >= 11 is 0. The molecule has 1 aromatic rings. The molecular formula is C17H20N2O5. The number of carbonyl (C=O) groups is 3. The molecule has 128 valence electrons. The van der Waals surface area contributed by atoms with E-state index in [0.29, 0.717) is 11.4 Å². The zero-order valence-electron chi connectivity index (χ0n) is 14.0. The van der Waals surface area contributed by atoms with Crippen molar-refractivity contribution >= 4 is 29.2 Å². The SMILES string of the molecule is CC(C)C(=O)Nc1ccccc1NC=C1C(=O)OC(C)(C)OC1=O. The van der Waals surface area contributed by atoms with E-state index < -0.39 is 17.7 Å². The van der Waals surface area contributed by atoms with Crippen molar-refractivity contribution in [2.24, 2.45) is 5.92 Å². The Morgan fingerprint density at radius 3 is 2.17 bits per heavy atom. The minimum absolute atomic E-state index is 0.143. The molecular weight excluding hydrogens is 312 g/mol. The van der Waals surface area contributed by atoms with Crippen LogP contribution in [0, 0.1) is 5.92 Å². The van der Waals surface area contributed by atoms with Gasteiger partial charge in [-0.2, -0.15) is 0 Å². The molecule has 1 heterocycles. The molecule has 1 aromatic carbocycles. The van der Waals surface area contributed by atoms with Gasteiger partial charge in [0.15, 0.2) is 5.57 Å². The lowest BCUT2D eigenvalue weighted by Crippen LogP contribution is -2.42. The van der Waals surface area contributed by atoms with E-state index in [1.807, 2.05) is 0 Å². The minimum Gasteiger partial charge on any atom is -0.419 e. The minimum atomic E-state index is -1.28. The average Bonchev–Trinajstić information content (AvgIpc) is 2.46. The third kappa shape index (κ3) is 4.13. The maximum atomic E-state index is 11.9. The molecule has 0 unspecified atom stereocenters. The lowest BCUT2D eigenvalue weighted by atomic mass is 10.2. The van der Waals surface area contributed by atoms with Gasteiger partial charge in [0.1, 0.15) is 0 Å². The van der Waals surface area contributed by atoms with Crippen LogP contribution in [0.2, 0.25) is 0 Å². The van der Waals surface area contributed by atoms with Gasteiger partial charge in [-0.15, -0.1) is 0 Å². The maximum Gasteiger partial charge on any atom is 0.350 e. The van der Waals surface area contributed by atoms with E-state index in [9.17, 15) is 14.4 Å². The second kappa shape index (κ2) is 6.74. The van der Waals surface area contributed by atoms with Crippen molar-refractivity contribution in [1.29, 1.82) is 0 Å². The number of benzene rings is 1. The van der Waals surface area contributed by atoms with E-state index in [2.05, 4.69) is 10.6 Å². The molecule has 1 saturated heterocycles. The van der Waals surface area contributed by atoms with Crippen LogP contribution in [0.5, 0.6) is 0 Å². The lowest BCUT2D eigenvalue weighted by Gasteiger charge is -2.29. The Morgan fingerprint density at radius 2 is 1.62 bits per heavy atom. The van der Waals surface area contributed by atoms with Crippen LogP contribution in [0.15, 0.2) is 36.0 Å². The molecule has 2 N–H and O–H groups in total. The molecule has 0 aliphatic carbocycles. The Morgan fingerprint density at radius 1 is 1.08 bits per heavy atom. The summed E-state index contributed by atoms with van der Waals surface area (Å²) in [7, 11) is 0. The van der Waals surface area contributed by atoms with Crippen molar-refractivity contribution in [3.8, 4) is 0 Å². The Kier molecular flexibility index (Phi) is 4.92. The van der Waals surface area contributed by atoms with E-state index in [1.165, 1.54) is 20.0 Å². The number of cyclic esters (lactones) is 2. The molecule has 1 aliphatic rings. The fraction of sp³-hybridized carbons (Fsp3) is 0.353. The third-order valence-corrected chi connectivity index (χ3v) is 3.20. The molecule has 1 fully saturated rings. The number of nitrogens with one attached hydrogen (secondary N) is 2. The van der Waals surface area contributed by atoms with Gasteiger partial charge in [-0.1, -0.05) is 26.0 Å². The van der Waals surface area contributed by atoms with Crippen LogP contribution < -0.4 is 10.6 Å². The molecule has 7 nitrogen and oxygen atoms in total. The number of hydrogen-bond donors (Lipinski definition) is 2. The van der Waals surface area contributed by atoms with Gasteiger partial charge in [0.05, 0.1) is 11.4 Å². The first-order valence-corrected chi connectivity index (χ1v) is 7.53. The van der Waals surface area contributed by atoms with Crippen LogP contribution in [0.4, 0.5) is 11.4 Å². The topological polar surface area (TPSA) is 93.7 Å². The number of amides is 1. The van der Waals surface area contributed by atoms with E-state index in [-0.39, 0.29) is 17.4 Å². The number of hydrogen-bond acceptors (Lipinski definition) is 6. The van der Waals surface area contributed by atoms with Gasteiger partial charge < -0.3 is 20.1 Å². The molecule has 0 aromatic heterocycles. The fourth-order valence-corrected chi connectivity index (χ4v) is 1.92. The first kappa shape index (κ1) is 17.5. The van der Waals surface area contributed by atoms with Crippen LogP contribution in [0.1, 0.15) is 27.7 Å².